The number of ether oxygens (including phenoxy) is 9. The fourth-order valence-electron chi connectivity index (χ4n) is 20.4. The van der Waals surface area contributed by atoms with Crippen LogP contribution in [0.1, 0.15) is 292 Å². The van der Waals surface area contributed by atoms with E-state index >= 15 is 0 Å². The molecule has 4 aliphatic heterocycles. The van der Waals surface area contributed by atoms with Crippen LogP contribution < -0.4 is 5.19 Å². The first-order valence-corrected chi connectivity index (χ1v) is 57.1. The predicted molar refractivity (Wildman–Crippen MR) is 588 cm³/mol. The van der Waals surface area contributed by atoms with Crippen LogP contribution in [0.3, 0.4) is 0 Å². The molecule has 22 heteroatoms. The van der Waals surface area contributed by atoms with Crippen molar-refractivity contribution in [2.45, 2.75) is 322 Å². The zero-order valence-electron chi connectivity index (χ0n) is 89.9. The molecule has 7 aromatic carbocycles. The quantitative estimate of drug-likeness (QED) is 0.00706. The molecule has 15 rings (SSSR count). The van der Waals surface area contributed by atoms with Crippen molar-refractivity contribution in [1.82, 2.24) is 0 Å². The van der Waals surface area contributed by atoms with Crippen molar-refractivity contribution >= 4 is 72.6 Å². The molecule has 1 N–H and O–H groups in total. The molecule has 4 saturated heterocycles. The maximum atomic E-state index is 12.9. The first-order valence-electron chi connectivity index (χ1n) is 54.2. The van der Waals surface area contributed by atoms with Crippen molar-refractivity contribution in [3.63, 3.8) is 0 Å². The Morgan fingerprint density at radius 1 is 0.396 bits per heavy atom. The van der Waals surface area contributed by atoms with Gasteiger partial charge in [0, 0.05) is 112 Å². The minimum Gasteiger partial charge on any atom is -0.543 e. The summed E-state index contributed by atoms with van der Waals surface area (Å²) in [5, 5.41) is 11.5. The van der Waals surface area contributed by atoms with Crippen LogP contribution in [0.5, 0.6) is 0 Å². The lowest BCUT2D eigenvalue weighted by molar-refractivity contribution is -0.171. The molecule has 802 valence electrons. The van der Waals surface area contributed by atoms with E-state index in [1.54, 1.807) is 54.6 Å². The average molecular weight is 2050 g/mol. The maximum absolute atomic E-state index is 12.9. The molecule has 11 unspecified atom stereocenters. The van der Waals surface area contributed by atoms with Gasteiger partial charge >= 0.3 is 41.8 Å². The lowest BCUT2D eigenvalue weighted by Crippen LogP contribution is -2.44. The Morgan fingerprint density at radius 2 is 0.792 bits per heavy atom. The van der Waals surface area contributed by atoms with Crippen LogP contribution in [0, 0.1) is 47.3 Å². The van der Waals surface area contributed by atoms with Crippen LogP contribution in [0.2, 0.25) is 13.1 Å². The van der Waals surface area contributed by atoms with E-state index in [4.69, 9.17) is 42.3 Å². The first-order chi connectivity index (χ1) is 72.0. The van der Waals surface area contributed by atoms with Gasteiger partial charge in [-0.3, -0.25) is 33.6 Å². The third-order valence-corrected chi connectivity index (χ3v) is 30.8. The van der Waals surface area contributed by atoms with Crippen molar-refractivity contribution in [3.8, 4) is 0 Å². The Morgan fingerprint density at radius 3 is 1.25 bits per heavy atom. The number of hydrogen-bond acceptors (Lipinski definition) is 21. The summed E-state index contributed by atoms with van der Waals surface area (Å²) in [6.07, 6.45) is 39.8. The molecule has 8 fully saturated rings. The van der Waals surface area contributed by atoms with Crippen molar-refractivity contribution in [3.05, 3.63) is 330 Å². The molecule has 21 nitrogen and oxygen atoms in total. The number of Topliss-reactive ketones (excluding diaryl/α,β-unsaturated/α-hetero) is 2. The lowest BCUT2D eigenvalue weighted by Gasteiger charge is -2.31. The highest BCUT2D eigenvalue weighted by Gasteiger charge is 2.55. The van der Waals surface area contributed by atoms with Crippen molar-refractivity contribution in [2.75, 3.05) is 20.3 Å². The Bertz CT molecular complexity index is 5230. The minimum atomic E-state index is -2.17. The summed E-state index contributed by atoms with van der Waals surface area (Å²) >= 11 is 0. The largest absolute Gasteiger partial charge is 0.543 e. The minimum absolute atomic E-state index is 0.0138. The second-order valence-electron chi connectivity index (χ2n) is 41.4. The molecule has 7 aromatic rings. The van der Waals surface area contributed by atoms with Gasteiger partial charge in [0.2, 0.25) is 0 Å². The van der Waals surface area contributed by atoms with Gasteiger partial charge in [0.15, 0.2) is 11.6 Å². The normalized spacial score (nSPS) is 22.3. The average Bonchev–Trinajstić information content (AvgIpc) is 1.64. The lowest BCUT2D eigenvalue weighted by atomic mass is 9.86. The van der Waals surface area contributed by atoms with Crippen LogP contribution in [0.4, 0.5) is 0 Å². The molecule has 0 amide bonds. The highest BCUT2D eigenvalue weighted by atomic mass is 28.4. The van der Waals surface area contributed by atoms with E-state index < -0.39 is 32.3 Å². The van der Waals surface area contributed by atoms with Crippen molar-refractivity contribution < 1.29 is 100 Å². The highest BCUT2D eigenvalue weighted by molar-refractivity contribution is 6.84. The topological polar surface area (TPSA) is 283 Å². The fourth-order valence-corrected chi connectivity index (χ4v) is 22.4. The number of unbranched alkanes of at least 4 members (excludes halogenated alkanes) is 9. The van der Waals surface area contributed by atoms with Gasteiger partial charge in [-0.2, -0.15) is 0 Å². The summed E-state index contributed by atoms with van der Waals surface area (Å²) in [5.41, 5.74) is 6.86. The van der Waals surface area contributed by atoms with Crippen molar-refractivity contribution in [1.29, 1.82) is 0 Å². The molecule has 4 heterocycles. The molecule has 0 aromatic heterocycles. The first kappa shape index (κ1) is 120. The van der Waals surface area contributed by atoms with Gasteiger partial charge in [-0.05, 0) is 244 Å². The third-order valence-electron chi connectivity index (χ3n) is 28.3. The van der Waals surface area contributed by atoms with Crippen LogP contribution in [0.25, 0.3) is 0 Å². The Hall–Kier alpha value is -12.1. The van der Waals surface area contributed by atoms with Gasteiger partial charge < -0.3 is 52.2 Å². The number of allylic oxidation sites excluding steroid dienone is 13. The molecule has 0 bridgehead atoms. The Balaban J connectivity index is 0.000000209. The maximum Gasteiger partial charge on any atom is 0.338 e. The van der Waals surface area contributed by atoms with E-state index in [-0.39, 0.29) is 137 Å². The number of hydrogen-bond donors (Lipinski definition) is 1. The summed E-state index contributed by atoms with van der Waals surface area (Å²) in [4.78, 5) is 122. The van der Waals surface area contributed by atoms with Gasteiger partial charge in [-0.15, -0.1) is 0 Å². The third kappa shape index (κ3) is 44.2. The molecule has 149 heavy (non-hydrogen) atoms. The Labute approximate surface area is 887 Å². The summed E-state index contributed by atoms with van der Waals surface area (Å²) in [6, 6.07) is 73.5. The molecular weight excluding hydrogens is 1890 g/mol. The molecule has 0 spiro atoms. The van der Waals surface area contributed by atoms with Crippen LogP contribution >= 0.6 is 0 Å². The van der Waals surface area contributed by atoms with E-state index in [0.717, 1.165) is 121 Å². The number of carbonyl (C=O) groups excluding carboxylic acids is 10. The van der Waals surface area contributed by atoms with E-state index in [0.29, 0.717) is 113 Å². The summed E-state index contributed by atoms with van der Waals surface area (Å²) in [5.74, 6) is -1.30. The van der Waals surface area contributed by atoms with Gasteiger partial charge in [-0.1, -0.05) is 259 Å². The number of methoxy groups -OCH3 is 1. The second-order valence-corrected chi connectivity index (χ2v) is 45.2. The zero-order chi connectivity index (χ0) is 107. The number of benzene rings is 7. The predicted octanol–water partition coefficient (Wildman–Crippen LogP) is 26.9. The second kappa shape index (κ2) is 66.5. The van der Waals surface area contributed by atoms with Crippen molar-refractivity contribution in [2.24, 2.45) is 47.3 Å². The number of esters is 7. The standard InChI is InChI=1S/C33H42O5Si.C27H36O6.C25H30O5.C24H38O5.3C6H6/c1-24(2)14-8-5-11-17-26(38-39(3,4)27-18-12-7-13-19-27)20-21-28-29-22-32(34)36-31(29)23-30(28)37-33(35)25-15-9-6-10-16-25;1-19(2)9-5-4-8-13-27(30-15-16-31-27)14-12-21-22-17-25(28)32-24(22)18-23(21)33-26(29)20-10-6-3-7-11-20;1-17(2)9-5-3-8-12-19(26)13-14-20-21-15-24(27)29-23(21)16-22(20)30-25(28)18-10-6-4-7-11-18;1-18(2)11-7-6-8-12-19(25)15-16-21-20(22(26)17-23(21)27)13-9-4-5-10-14-24(28)29-3;3*1-2-4-6-5-3-1/h6-7,9-10,12-16,18-20,28-31H,5,8,11,17,21-23H2,1-4H3;3,6-7,9-11,21-24H,4-5,8,12-18H2,1-2H3;4,6-7,9-11,13-14,20-23H,3,5,8,12,15-16H2,1-2H3;4,9,11,20-21,23,27H,5-8,10,12-17H2,1-3H3;3*1-6H/b26-20-;;14-13+;9-4-;;;/t28-,29?,30?,31?;21-,22?,23?,24?;20-,21?,22?,23?;20?,21-,23?;;;/m1111.../s1. The van der Waals surface area contributed by atoms with Gasteiger partial charge in [0.05, 0.1) is 68.1 Å². The van der Waals surface area contributed by atoms with Crippen LogP contribution in [-0.4, -0.2) is 141 Å². The number of aliphatic hydroxyl groups excluding tert-OH is 1. The number of ketones is 3. The summed E-state index contributed by atoms with van der Waals surface area (Å²) in [6.45, 7) is 22.5. The van der Waals surface area contributed by atoms with Gasteiger partial charge in [-0.25, -0.2) is 14.4 Å². The van der Waals surface area contributed by atoms with E-state index in [1.807, 2.05) is 176 Å². The summed E-state index contributed by atoms with van der Waals surface area (Å²) < 4.78 is 57.9. The fraction of sp³-hybridized carbons (Fsp3) is 0.480. The number of carbonyl (C=O) groups is 10. The number of aliphatic hydroxyl groups is 1. The highest BCUT2D eigenvalue weighted by Crippen LogP contribution is 2.49. The molecular formula is C127H164O21Si. The monoisotopic (exact) mass is 2050 g/mol. The van der Waals surface area contributed by atoms with E-state index in [9.17, 15) is 53.1 Å². The van der Waals surface area contributed by atoms with Gasteiger partial charge in [0.25, 0.3) is 8.32 Å². The SMILES string of the molecule is CC(C)=CCCCC/C(=C/C[C@H]1C(OC(=O)c2ccccc2)CC2OC(=O)CC21)O[Si](C)(C)c1ccccc1.CC(C)=CCCCCC(=O)/C=C/[C@H]1C(OC(=O)c2ccccc2)CC2OC(=O)CC21.CC(C)=CCCCCC1(CC[C@H]2C(OC(=O)c3ccccc3)CC3OC(=O)CC32)OCCO1.COC(=O)CCC/C=C\CC1C(=O)CC(O)[C@@H]1CCC(=O)CCCCC=C(C)C.c1ccccc1.c1ccccc1.c1ccccc1. The number of rotatable bonds is 45. The van der Waals surface area contributed by atoms with Gasteiger partial charge in [0.1, 0.15) is 48.2 Å². The van der Waals surface area contributed by atoms with E-state index in [2.05, 4.69) is 128 Å². The van der Waals surface area contributed by atoms with Crippen LogP contribution in [0.15, 0.2) is 313 Å². The number of fused-ring (bicyclic) bond motifs is 3. The van der Waals surface area contributed by atoms with Crippen LogP contribution in [-0.2, 0) is 80.6 Å². The zero-order valence-corrected chi connectivity index (χ0v) is 90.9. The smallest absolute Gasteiger partial charge is 0.338 e. The summed E-state index contributed by atoms with van der Waals surface area (Å²) in [7, 11) is -0.795. The molecule has 4 aliphatic carbocycles. The molecule has 15 atom stereocenters. The molecule has 8 aliphatic rings. The molecule has 0 radical (unpaired) electrons. The molecule has 4 saturated carbocycles. The van der Waals surface area contributed by atoms with E-state index in [1.165, 1.54) is 34.6 Å². The Kier molecular flexibility index (Phi) is 53.7.